The fourth-order valence-electron chi connectivity index (χ4n) is 1.65. The molecule has 0 amide bonds. The van der Waals surface area contributed by atoms with E-state index in [-0.39, 0.29) is 0 Å². The Morgan fingerprint density at radius 1 is 0.947 bits per heavy atom. The molecule has 1 N–H and O–H groups in total. The van der Waals surface area contributed by atoms with Crippen LogP contribution in [-0.4, -0.2) is 4.98 Å². The lowest BCUT2D eigenvalue weighted by Gasteiger charge is -2.16. The van der Waals surface area contributed by atoms with Crippen molar-refractivity contribution in [3.8, 4) is 0 Å². The Morgan fingerprint density at radius 3 is 2.16 bits per heavy atom. The smallest absolute Gasteiger partial charge is 0.152 e. The van der Waals surface area contributed by atoms with Crippen LogP contribution in [-0.2, 0) is 0 Å². The van der Waals surface area contributed by atoms with Gasteiger partial charge < -0.3 is 5.32 Å². The second-order valence-corrected chi connectivity index (χ2v) is 4.05. The average Bonchev–Trinajstić information content (AvgIpc) is 2.33. The lowest BCUT2D eigenvalue weighted by atomic mass is 10.1. The minimum Gasteiger partial charge on any atom is -0.374 e. The number of benzene rings is 1. The van der Waals surface area contributed by atoms with Crippen LogP contribution in [0.15, 0.2) is 30.6 Å². The van der Waals surface area contributed by atoms with Crippen LogP contribution in [0.4, 0.5) is 23.2 Å². The van der Waals surface area contributed by atoms with Crippen molar-refractivity contribution in [3.05, 3.63) is 59.4 Å². The SMILES string of the molecule is CC(Nc1c(F)cc(F)cc1F)c1cncc(F)c1. The molecule has 2 nitrogen and oxygen atoms in total. The van der Waals surface area contributed by atoms with Crippen LogP contribution in [0.1, 0.15) is 18.5 Å². The summed E-state index contributed by atoms with van der Waals surface area (Å²) in [6.45, 7) is 1.58. The van der Waals surface area contributed by atoms with E-state index in [4.69, 9.17) is 0 Å². The molecule has 2 aromatic rings. The van der Waals surface area contributed by atoms with Gasteiger partial charge in [-0.1, -0.05) is 0 Å². The van der Waals surface area contributed by atoms with E-state index < -0.39 is 35.0 Å². The first kappa shape index (κ1) is 13.3. The summed E-state index contributed by atoms with van der Waals surface area (Å²) in [6.07, 6.45) is 2.40. The normalized spacial score (nSPS) is 12.3. The van der Waals surface area contributed by atoms with Crippen LogP contribution in [0.5, 0.6) is 0 Å². The van der Waals surface area contributed by atoms with Gasteiger partial charge >= 0.3 is 0 Å². The summed E-state index contributed by atoms with van der Waals surface area (Å²) in [5.41, 5.74) is -0.0405. The molecule has 19 heavy (non-hydrogen) atoms. The quantitative estimate of drug-likeness (QED) is 0.858. The van der Waals surface area contributed by atoms with E-state index in [9.17, 15) is 17.6 Å². The lowest BCUT2D eigenvalue weighted by molar-refractivity contribution is 0.545. The summed E-state index contributed by atoms with van der Waals surface area (Å²) in [6, 6.07) is 1.76. The van der Waals surface area contributed by atoms with Crippen molar-refractivity contribution in [2.45, 2.75) is 13.0 Å². The lowest BCUT2D eigenvalue weighted by Crippen LogP contribution is -2.10. The Bertz CT molecular complexity index is 578. The molecule has 0 fully saturated rings. The van der Waals surface area contributed by atoms with Crippen LogP contribution >= 0.6 is 0 Å². The van der Waals surface area contributed by atoms with Gasteiger partial charge in [-0.3, -0.25) is 4.98 Å². The van der Waals surface area contributed by atoms with Crippen molar-refractivity contribution in [1.29, 1.82) is 0 Å². The van der Waals surface area contributed by atoms with Gasteiger partial charge in [0, 0.05) is 18.3 Å². The molecular formula is C13H10F4N2. The van der Waals surface area contributed by atoms with Crippen molar-refractivity contribution in [1.82, 2.24) is 4.98 Å². The van der Waals surface area contributed by atoms with Crippen LogP contribution in [0.3, 0.4) is 0 Å². The number of hydrogen-bond donors (Lipinski definition) is 1. The topological polar surface area (TPSA) is 24.9 Å². The van der Waals surface area contributed by atoms with E-state index in [1.54, 1.807) is 6.92 Å². The summed E-state index contributed by atoms with van der Waals surface area (Å²) in [7, 11) is 0. The number of aromatic nitrogens is 1. The van der Waals surface area contributed by atoms with Crippen LogP contribution in [0, 0.1) is 23.3 Å². The molecule has 0 bridgehead atoms. The second-order valence-electron chi connectivity index (χ2n) is 4.05. The monoisotopic (exact) mass is 270 g/mol. The molecule has 1 aromatic heterocycles. The Morgan fingerprint density at radius 2 is 1.58 bits per heavy atom. The molecule has 1 atom stereocenters. The van der Waals surface area contributed by atoms with Gasteiger partial charge in [0.05, 0.1) is 12.2 Å². The van der Waals surface area contributed by atoms with Crippen LogP contribution in [0.2, 0.25) is 0 Å². The van der Waals surface area contributed by atoms with Gasteiger partial charge in [0.15, 0.2) is 11.6 Å². The first-order valence-corrected chi connectivity index (χ1v) is 5.49. The van der Waals surface area contributed by atoms with Crippen LogP contribution in [0.25, 0.3) is 0 Å². The van der Waals surface area contributed by atoms with Gasteiger partial charge in [0.2, 0.25) is 0 Å². The zero-order valence-electron chi connectivity index (χ0n) is 9.92. The van der Waals surface area contributed by atoms with Gasteiger partial charge in [-0.25, -0.2) is 17.6 Å². The van der Waals surface area contributed by atoms with E-state index in [1.807, 2.05) is 0 Å². The predicted octanol–water partition coefficient (Wildman–Crippen LogP) is 3.81. The predicted molar refractivity (Wildman–Crippen MR) is 62.5 cm³/mol. The molecule has 0 saturated heterocycles. The fourth-order valence-corrected chi connectivity index (χ4v) is 1.65. The summed E-state index contributed by atoms with van der Waals surface area (Å²) < 4.78 is 52.6. The third kappa shape index (κ3) is 3.01. The highest BCUT2D eigenvalue weighted by Gasteiger charge is 2.15. The number of anilines is 1. The Hall–Kier alpha value is -2.11. The number of nitrogens with zero attached hydrogens (tertiary/aromatic N) is 1. The highest BCUT2D eigenvalue weighted by Crippen LogP contribution is 2.25. The van der Waals surface area contributed by atoms with Crippen molar-refractivity contribution in [2.75, 3.05) is 5.32 Å². The summed E-state index contributed by atoms with van der Waals surface area (Å²) >= 11 is 0. The molecule has 0 spiro atoms. The minimum atomic E-state index is -1.05. The molecule has 100 valence electrons. The number of nitrogens with one attached hydrogen (secondary N) is 1. The van der Waals surface area contributed by atoms with Crippen LogP contribution < -0.4 is 5.32 Å². The third-order valence-electron chi connectivity index (χ3n) is 2.59. The number of pyridine rings is 1. The average molecular weight is 270 g/mol. The first-order valence-electron chi connectivity index (χ1n) is 5.49. The molecular weight excluding hydrogens is 260 g/mol. The maximum absolute atomic E-state index is 13.4. The molecule has 1 heterocycles. The van der Waals surface area contributed by atoms with Gasteiger partial charge in [0.1, 0.15) is 17.3 Å². The summed E-state index contributed by atoms with van der Waals surface area (Å²) in [5.74, 6) is -3.64. The Balaban J connectivity index is 2.26. The molecule has 0 radical (unpaired) electrons. The molecule has 0 aliphatic heterocycles. The van der Waals surface area contributed by atoms with Crippen molar-refractivity contribution in [3.63, 3.8) is 0 Å². The maximum Gasteiger partial charge on any atom is 0.152 e. The highest BCUT2D eigenvalue weighted by molar-refractivity contribution is 5.48. The maximum atomic E-state index is 13.4. The third-order valence-corrected chi connectivity index (χ3v) is 2.59. The second kappa shape index (κ2) is 5.26. The number of rotatable bonds is 3. The van der Waals surface area contributed by atoms with Crippen molar-refractivity contribution < 1.29 is 17.6 Å². The molecule has 0 saturated carbocycles. The molecule has 1 aromatic carbocycles. The molecule has 6 heteroatoms. The molecule has 1 unspecified atom stereocenters. The summed E-state index contributed by atoms with van der Waals surface area (Å²) in [5, 5.41) is 2.53. The zero-order valence-corrected chi connectivity index (χ0v) is 9.92. The molecule has 0 aliphatic rings. The Kier molecular flexibility index (Phi) is 3.69. The van der Waals surface area contributed by atoms with E-state index in [2.05, 4.69) is 10.3 Å². The summed E-state index contributed by atoms with van der Waals surface area (Å²) in [4.78, 5) is 3.64. The zero-order chi connectivity index (χ0) is 14.0. The molecule has 0 aliphatic carbocycles. The van der Waals surface area contributed by atoms with Gasteiger partial charge in [-0.15, -0.1) is 0 Å². The van der Waals surface area contributed by atoms with Gasteiger partial charge in [-0.2, -0.15) is 0 Å². The number of halogens is 4. The van der Waals surface area contributed by atoms with E-state index in [0.717, 1.165) is 6.20 Å². The van der Waals surface area contributed by atoms with E-state index in [0.29, 0.717) is 17.7 Å². The first-order chi connectivity index (χ1) is 8.97. The Labute approximate surface area is 107 Å². The van der Waals surface area contributed by atoms with Gasteiger partial charge in [0.25, 0.3) is 0 Å². The van der Waals surface area contributed by atoms with Gasteiger partial charge in [-0.05, 0) is 18.6 Å². The number of hydrogen-bond acceptors (Lipinski definition) is 2. The van der Waals surface area contributed by atoms with Crippen molar-refractivity contribution >= 4 is 5.69 Å². The standard InChI is InChI=1S/C13H10F4N2/c1-7(8-2-10(15)6-18-5-8)19-13-11(16)3-9(14)4-12(13)17/h2-7,19H,1H3. The minimum absolute atomic E-state index is 0.420. The van der Waals surface area contributed by atoms with Crippen molar-refractivity contribution in [2.24, 2.45) is 0 Å². The van der Waals surface area contributed by atoms with E-state index in [1.165, 1.54) is 12.3 Å². The highest BCUT2D eigenvalue weighted by atomic mass is 19.1. The fraction of sp³-hybridized carbons (Fsp3) is 0.154. The molecule has 2 rings (SSSR count). The largest absolute Gasteiger partial charge is 0.374 e. The van der Waals surface area contributed by atoms with E-state index >= 15 is 0 Å².